The van der Waals surface area contributed by atoms with E-state index in [1.165, 1.54) is 31.5 Å². The molecule has 0 aliphatic carbocycles. The lowest BCUT2D eigenvalue weighted by molar-refractivity contribution is 0.176. The Labute approximate surface area is 128 Å². The zero-order chi connectivity index (χ0) is 15.2. The van der Waals surface area contributed by atoms with E-state index in [1.54, 1.807) is 7.11 Å². The molecular formula is C17H29N3O. The summed E-state index contributed by atoms with van der Waals surface area (Å²) in [5, 5.41) is 0. The fourth-order valence-electron chi connectivity index (χ4n) is 3.18. The van der Waals surface area contributed by atoms with Crippen molar-refractivity contribution in [2.75, 3.05) is 33.8 Å². The van der Waals surface area contributed by atoms with Gasteiger partial charge in [-0.3, -0.25) is 4.90 Å². The average molecular weight is 291 g/mol. The second kappa shape index (κ2) is 7.78. The molecule has 0 radical (unpaired) electrons. The van der Waals surface area contributed by atoms with Crippen molar-refractivity contribution in [3.8, 4) is 5.75 Å². The Hall–Kier alpha value is -1.10. The zero-order valence-electron chi connectivity index (χ0n) is 13.6. The molecule has 1 heterocycles. The van der Waals surface area contributed by atoms with E-state index >= 15 is 0 Å². The Morgan fingerprint density at radius 3 is 2.81 bits per heavy atom. The van der Waals surface area contributed by atoms with Gasteiger partial charge in [0.1, 0.15) is 5.75 Å². The lowest BCUT2D eigenvalue weighted by atomic mass is 10.1. The van der Waals surface area contributed by atoms with Crippen LogP contribution in [0.2, 0.25) is 0 Å². The minimum Gasteiger partial charge on any atom is -0.496 e. The molecule has 0 amide bonds. The molecule has 0 aromatic heterocycles. The van der Waals surface area contributed by atoms with Gasteiger partial charge in [0, 0.05) is 37.8 Å². The third-order valence-corrected chi connectivity index (χ3v) is 4.45. The smallest absolute Gasteiger partial charge is 0.123 e. The first-order valence-electron chi connectivity index (χ1n) is 7.96. The highest BCUT2D eigenvalue weighted by Crippen LogP contribution is 2.22. The van der Waals surface area contributed by atoms with Crippen molar-refractivity contribution < 1.29 is 4.74 Å². The summed E-state index contributed by atoms with van der Waals surface area (Å²) in [5.74, 6) is 0.912. The van der Waals surface area contributed by atoms with Gasteiger partial charge >= 0.3 is 0 Å². The maximum atomic E-state index is 5.74. The van der Waals surface area contributed by atoms with Crippen molar-refractivity contribution in [1.82, 2.24) is 9.80 Å². The molecule has 1 atom stereocenters. The van der Waals surface area contributed by atoms with E-state index in [2.05, 4.69) is 42.0 Å². The molecule has 1 aromatic carbocycles. The Morgan fingerprint density at radius 2 is 2.14 bits per heavy atom. The molecule has 0 bridgehead atoms. The zero-order valence-corrected chi connectivity index (χ0v) is 13.6. The number of hydrogen-bond donors (Lipinski definition) is 1. The van der Waals surface area contributed by atoms with Crippen LogP contribution >= 0.6 is 0 Å². The van der Waals surface area contributed by atoms with Crippen molar-refractivity contribution >= 4 is 0 Å². The van der Waals surface area contributed by atoms with Gasteiger partial charge in [0.15, 0.2) is 0 Å². The number of nitrogens with zero attached hydrogens (tertiary/aromatic N) is 2. The largest absolute Gasteiger partial charge is 0.496 e. The van der Waals surface area contributed by atoms with Gasteiger partial charge in [-0.2, -0.15) is 0 Å². The maximum absolute atomic E-state index is 5.74. The van der Waals surface area contributed by atoms with E-state index in [4.69, 9.17) is 10.5 Å². The summed E-state index contributed by atoms with van der Waals surface area (Å²) in [6, 6.07) is 7.06. The fraction of sp³-hybridized carbons (Fsp3) is 0.647. The van der Waals surface area contributed by atoms with Crippen molar-refractivity contribution in [2.45, 2.75) is 38.9 Å². The third-order valence-electron chi connectivity index (χ3n) is 4.45. The van der Waals surface area contributed by atoms with Crippen LogP contribution in [0.4, 0.5) is 0 Å². The van der Waals surface area contributed by atoms with Gasteiger partial charge < -0.3 is 15.4 Å². The highest BCUT2D eigenvalue weighted by atomic mass is 16.5. The van der Waals surface area contributed by atoms with Gasteiger partial charge in [-0.25, -0.2) is 0 Å². The van der Waals surface area contributed by atoms with Crippen LogP contribution in [-0.4, -0.2) is 49.6 Å². The number of methoxy groups -OCH3 is 1. The van der Waals surface area contributed by atoms with Gasteiger partial charge in [-0.1, -0.05) is 19.1 Å². The standard InChI is InChI=1S/C17H29N3O/c1-4-16-13-19(2)8-5-9-20(16)12-14-6-7-15(11-18)17(10-14)21-3/h6-7,10,16H,4-5,8-9,11-13,18H2,1-3H3. The van der Waals surface area contributed by atoms with Crippen molar-refractivity contribution in [2.24, 2.45) is 5.73 Å². The summed E-state index contributed by atoms with van der Waals surface area (Å²) in [7, 11) is 3.94. The van der Waals surface area contributed by atoms with Crippen molar-refractivity contribution in [3.05, 3.63) is 29.3 Å². The molecular weight excluding hydrogens is 262 g/mol. The van der Waals surface area contributed by atoms with Crippen LogP contribution in [0, 0.1) is 0 Å². The summed E-state index contributed by atoms with van der Waals surface area (Å²) >= 11 is 0. The second-order valence-corrected chi connectivity index (χ2v) is 6.00. The fourth-order valence-corrected chi connectivity index (χ4v) is 3.18. The molecule has 1 unspecified atom stereocenters. The molecule has 4 nitrogen and oxygen atoms in total. The molecule has 4 heteroatoms. The summed E-state index contributed by atoms with van der Waals surface area (Å²) < 4.78 is 5.45. The van der Waals surface area contributed by atoms with Crippen LogP contribution in [0.1, 0.15) is 30.9 Å². The Balaban J connectivity index is 2.11. The minimum atomic E-state index is 0.523. The molecule has 1 saturated heterocycles. The molecule has 1 aliphatic heterocycles. The molecule has 118 valence electrons. The van der Waals surface area contributed by atoms with E-state index < -0.39 is 0 Å². The van der Waals surface area contributed by atoms with Gasteiger partial charge in [0.05, 0.1) is 7.11 Å². The summed E-state index contributed by atoms with van der Waals surface area (Å²) in [6.45, 7) is 7.33. The average Bonchev–Trinajstić information content (AvgIpc) is 2.68. The molecule has 2 rings (SSSR count). The Bertz CT molecular complexity index is 450. The summed E-state index contributed by atoms with van der Waals surface area (Å²) in [4.78, 5) is 5.06. The minimum absolute atomic E-state index is 0.523. The summed E-state index contributed by atoms with van der Waals surface area (Å²) in [5.41, 5.74) is 8.13. The summed E-state index contributed by atoms with van der Waals surface area (Å²) in [6.07, 6.45) is 2.44. The molecule has 0 spiro atoms. The number of benzene rings is 1. The Kier molecular flexibility index (Phi) is 6.03. The van der Waals surface area contributed by atoms with Crippen LogP contribution in [0.5, 0.6) is 5.75 Å². The molecule has 2 N–H and O–H groups in total. The highest BCUT2D eigenvalue weighted by molar-refractivity contribution is 5.37. The molecule has 1 fully saturated rings. The van der Waals surface area contributed by atoms with E-state index in [1.807, 2.05) is 0 Å². The number of hydrogen-bond acceptors (Lipinski definition) is 4. The first-order chi connectivity index (χ1) is 10.2. The van der Waals surface area contributed by atoms with Crippen LogP contribution in [0.3, 0.4) is 0 Å². The van der Waals surface area contributed by atoms with Gasteiger partial charge in [-0.15, -0.1) is 0 Å². The van der Waals surface area contributed by atoms with Gasteiger partial charge in [0.25, 0.3) is 0 Å². The molecule has 21 heavy (non-hydrogen) atoms. The lowest BCUT2D eigenvalue weighted by Gasteiger charge is -2.30. The second-order valence-electron chi connectivity index (χ2n) is 6.00. The quantitative estimate of drug-likeness (QED) is 0.902. The Morgan fingerprint density at radius 1 is 1.33 bits per heavy atom. The first-order valence-corrected chi connectivity index (χ1v) is 7.96. The predicted octanol–water partition coefficient (Wildman–Crippen LogP) is 2.07. The maximum Gasteiger partial charge on any atom is 0.123 e. The van der Waals surface area contributed by atoms with E-state index in [0.717, 1.165) is 24.4 Å². The SMILES string of the molecule is CCC1CN(C)CCCN1Cc1ccc(CN)c(OC)c1. The monoisotopic (exact) mass is 291 g/mol. The van der Waals surface area contributed by atoms with E-state index in [9.17, 15) is 0 Å². The molecule has 1 aromatic rings. The van der Waals surface area contributed by atoms with Gasteiger partial charge in [0.2, 0.25) is 0 Å². The first kappa shape index (κ1) is 16.3. The third kappa shape index (κ3) is 4.19. The normalized spacial score (nSPS) is 21.2. The van der Waals surface area contributed by atoms with Crippen LogP contribution in [0.25, 0.3) is 0 Å². The lowest BCUT2D eigenvalue weighted by Crippen LogP contribution is -2.39. The number of rotatable bonds is 5. The van der Waals surface area contributed by atoms with Crippen LogP contribution in [-0.2, 0) is 13.1 Å². The molecule has 0 saturated carbocycles. The predicted molar refractivity (Wildman–Crippen MR) is 87.5 cm³/mol. The highest BCUT2D eigenvalue weighted by Gasteiger charge is 2.22. The van der Waals surface area contributed by atoms with E-state index in [0.29, 0.717) is 12.6 Å². The van der Waals surface area contributed by atoms with Crippen LogP contribution < -0.4 is 10.5 Å². The van der Waals surface area contributed by atoms with E-state index in [-0.39, 0.29) is 0 Å². The van der Waals surface area contributed by atoms with Crippen molar-refractivity contribution in [3.63, 3.8) is 0 Å². The van der Waals surface area contributed by atoms with Crippen molar-refractivity contribution in [1.29, 1.82) is 0 Å². The number of likely N-dealkylation sites (N-methyl/N-ethyl adjacent to an activating group) is 1. The molecule has 1 aliphatic rings. The number of nitrogens with two attached hydrogens (primary N) is 1. The van der Waals surface area contributed by atoms with Crippen LogP contribution in [0.15, 0.2) is 18.2 Å². The topological polar surface area (TPSA) is 41.7 Å². The number of ether oxygens (including phenoxy) is 1. The van der Waals surface area contributed by atoms with Gasteiger partial charge in [-0.05, 0) is 38.1 Å².